The van der Waals surface area contributed by atoms with Crippen LogP contribution in [0, 0.1) is 0 Å². The van der Waals surface area contributed by atoms with Gasteiger partial charge in [0.15, 0.2) is 0 Å². The van der Waals surface area contributed by atoms with Crippen LogP contribution in [0.25, 0.3) is 0 Å². The Morgan fingerprint density at radius 1 is 1.33 bits per heavy atom. The summed E-state index contributed by atoms with van der Waals surface area (Å²) in [6, 6.07) is 0. The molecule has 0 N–H and O–H groups in total. The zero-order valence-electron chi connectivity index (χ0n) is 7.69. The van der Waals surface area contributed by atoms with Crippen LogP contribution in [0.5, 0.6) is 0 Å². The van der Waals surface area contributed by atoms with Crippen LogP contribution in [0.15, 0.2) is 12.4 Å². The van der Waals surface area contributed by atoms with Crippen LogP contribution in [0.2, 0.25) is 0 Å². The van der Waals surface area contributed by atoms with Crippen LogP contribution in [0.1, 0.15) is 19.8 Å². The van der Waals surface area contributed by atoms with Crippen molar-refractivity contribution in [2.75, 3.05) is 20.3 Å². The Kier molecular flexibility index (Phi) is 9.44. The molecule has 0 unspecified atom stereocenters. The first kappa shape index (κ1) is 14.6. The van der Waals surface area contributed by atoms with Crippen LogP contribution in [-0.4, -0.2) is 30.1 Å². The average molecular weight is 258 g/mol. The SMILES string of the molecule is Br.CCCCN1C=CN(C)C1.Cl. The minimum absolute atomic E-state index is 0. The van der Waals surface area contributed by atoms with E-state index in [1.165, 1.54) is 19.4 Å². The van der Waals surface area contributed by atoms with Gasteiger partial charge in [-0.3, -0.25) is 0 Å². The number of nitrogens with zero attached hydrogens (tertiary/aromatic N) is 2. The van der Waals surface area contributed by atoms with Crippen molar-refractivity contribution in [1.82, 2.24) is 9.80 Å². The predicted molar refractivity (Wildman–Crippen MR) is 61.0 cm³/mol. The Bertz CT molecular complexity index is 130. The van der Waals surface area contributed by atoms with E-state index >= 15 is 0 Å². The summed E-state index contributed by atoms with van der Waals surface area (Å²) in [5.41, 5.74) is 0. The van der Waals surface area contributed by atoms with E-state index in [9.17, 15) is 0 Å². The minimum atomic E-state index is 0. The molecule has 1 aliphatic rings. The second-order valence-corrected chi connectivity index (χ2v) is 2.86. The van der Waals surface area contributed by atoms with Crippen molar-refractivity contribution in [2.24, 2.45) is 0 Å². The number of rotatable bonds is 3. The molecule has 2 nitrogen and oxygen atoms in total. The molecular formula is C8H18BrClN2. The van der Waals surface area contributed by atoms with Crippen molar-refractivity contribution >= 4 is 29.4 Å². The van der Waals surface area contributed by atoms with Crippen molar-refractivity contribution in [3.05, 3.63) is 12.4 Å². The zero-order valence-corrected chi connectivity index (χ0v) is 10.2. The summed E-state index contributed by atoms with van der Waals surface area (Å²) in [6.45, 7) is 4.50. The normalized spacial score (nSPS) is 14.2. The van der Waals surface area contributed by atoms with Crippen LogP contribution in [-0.2, 0) is 0 Å². The van der Waals surface area contributed by atoms with Gasteiger partial charge in [0.1, 0.15) is 0 Å². The van der Waals surface area contributed by atoms with E-state index in [-0.39, 0.29) is 29.4 Å². The molecular weight excluding hydrogens is 239 g/mol. The predicted octanol–water partition coefficient (Wildman–Crippen LogP) is 2.46. The lowest BCUT2D eigenvalue weighted by Gasteiger charge is -2.17. The molecule has 0 aromatic rings. The molecule has 0 aromatic heterocycles. The largest absolute Gasteiger partial charge is 0.362 e. The fraction of sp³-hybridized carbons (Fsp3) is 0.750. The molecule has 0 atom stereocenters. The first-order chi connectivity index (χ1) is 4.83. The topological polar surface area (TPSA) is 6.48 Å². The first-order valence-electron chi connectivity index (χ1n) is 3.95. The summed E-state index contributed by atoms with van der Waals surface area (Å²) in [5, 5.41) is 0. The molecule has 4 heteroatoms. The molecule has 0 spiro atoms. The molecule has 1 heterocycles. The van der Waals surface area contributed by atoms with E-state index in [2.05, 4.69) is 36.2 Å². The number of hydrogen-bond donors (Lipinski definition) is 0. The van der Waals surface area contributed by atoms with E-state index in [4.69, 9.17) is 0 Å². The van der Waals surface area contributed by atoms with Crippen LogP contribution < -0.4 is 0 Å². The summed E-state index contributed by atoms with van der Waals surface area (Å²) < 4.78 is 0. The second kappa shape index (κ2) is 7.74. The standard InChI is InChI=1S/C8H16N2.BrH.ClH/c1-3-4-5-10-7-6-9(2)8-10;;/h6-7H,3-5,8H2,1-2H3;2*1H. The summed E-state index contributed by atoms with van der Waals surface area (Å²) >= 11 is 0. The van der Waals surface area contributed by atoms with Gasteiger partial charge in [0.2, 0.25) is 0 Å². The molecule has 0 aromatic carbocycles. The smallest absolute Gasteiger partial charge is 0.0890 e. The van der Waals surface area contributed by atoms with Gasteiger partial charge in [0, 0.05) is 26.0 Å². The van der Waals surface area contributed by atoms with Crippen molar-refractivity contribution < 1.29 is 0 Å². The molecule has 12 heavy (non-hydrogen) atoms. The molecule has 0 fully saturated rings. The Morgan fingerprint density at radius 2 is 2.00 bits per heavy atom. The molecule has 1 aliphatic heterocycles. The average Bonchev–Trinajstić information content (AvgIpc) is 2.31. The molecule has 0 amide bonds. The fourth-order valence-corrected chi connectivity index (χ4v) is 1.10. The van der Waals surface area contributed by atoms with Crippen molar-refractivity contribution in [3.63, 3.8) is 0 Å². The molecule has 0 radical (unpaired) electrons. The Hall–Kier alpha value is 0.110. The van der Waals surface area contributed by atoms with Gasteiger partial charge in [0.05, 0.1) is 6.67 Å². The van der Waals surface area contributed by atoms with E-state index < -0.39 is 0 Å². The Labute approximate surface area is 91.8 Å². The van der Waals surface area contributed by atoms with Gasteiger partial charge < -0.3 is 9.80 Å². The third-order valence-corrected chi connectivity index (χ3v) is 1.74. The third-order valence-electron chi connectivity index (χ3n) is 1.74. The van der Waals surface area contributed by atoms with Gasteiger partial charge in [-0.25, -0.2) is 0 Å². The van der Waals surface area contributed by atoms with Crippen molar-refractivity contribution in [3.8, 4) is 0 Å². The minimum Gasteiger partial charge on any atom is -0.362 e. The summed E-state index contributed by atoms with van der Waals surface area (Å²) in [7, 11) is 2.10. The highest BCUT2D eigenvalue weighted by Gasteiger charge is 2.05. The lowest BCUT2D eigenvalue weighted by Crippen LogP contribution is -2.23. The van der Waals surface area contributed by atoms with Gasteiger partial charge in [-0.1, -0.05) is 13.3 Å². The van der Waals surface area contributed by atoms with Gasteiger partial charge in [0.25, 0.3) is 0 Å². The quantitative estimate of drug-likeness (QED) is 0.766. The second-order valence-electron chi connectivity index (χ2n) is 2.86. The van der Waals surface area contributed by atoms with E-state index in [0.29, 0.717) is 0 Å². The number of halogens is 2. The van der Waals surface area contributed by atoms with E-state index in [1.807, 2.05) is 0 Å². The van der Waals surface area contributed by atoms with Gasteiger partial charge in [-0.15, -0.1) is 29.4 Å². The fourth-order valence-electron chi connectivity index (χ4n) is 1.10. The van der Waals surface area contributed by atoms with E-state index in [0.717, 1.165) is 6.67 Å². The van der Waals surface area contributed by atoms with Crippen molar-refractivity contribution in [2.45, 2.75) is 19.8 Å². The van der Waals surface area contributed by atoms with Crippen LogP contribution in [0.4, 0.5) is 0 Å². The van der Waals surface area contributed by atoms with Crippen molar-refractivity contribution in [1.29, 1.82) is 0 Å². The highest BCUT2D eigenvalue weighted by molar-refractivity contribution is 8.93. The third kappa shape index (κ3) is 4.88. The molecule has 0 saturated carbocycles. The van der Waals surface area contributed by atoms with E-state index in [1.54, 1.807) is 0 Å². The summed E-state index contributed by atoms with van der Waals surface area (Å²) in [4.78, 5) is 4.53. The summed E-state index contributed by atoms with van der Waals surface area (Å²) in [5.74, 6) is 0. The van der Waals surface area contributed by atoms with Gasteiger partial charge in [-0.05, 0) is 6.42 Å². The number of hydrogen-bond acceptors (Lipinski definition) is 2. The molecule has 0 aliphatic carbocycles. The highest BCUT2D eigenvalue weighted by atomic mass is 79.9. The molecule has 0 bridgehead atoms. The maximum absolute atomic E-state index is 2.34. The number of unbranched alkanes of at least 4 members (excludes halogenated alkanes) is 1. The Morgan fingerprint density at radius 3 is 2.42 bits per heavy atom. The first-order valence-corrected chi connectivity index (χ1v) is 3.95. The maximum Gasteiger partial charge on any atom is 0.0890 e. The molecule has 74 valence electrons. The maximum atomic E-state index is 2.34. The highest BCUT2D eigenvalue weighted by Crippen LogP contribution is 2.04. The lowest BCUT2D eigenvalue weighted by molar-refractivity contribution is 0.293. The zero-order chi connectivity index (χ0) is 7.40. The van der Waals surface area contributed by atoms with Crippen LogP contribution >= 0.6 is 29.4 Å². The Balaban J connectivity index is 0. The molecule has 1 rings (SSSR count). The lowest BCUT2D eigenvalue weighted by atomic mass is 10.3. The molecule has 0 saturated heterocycles. The summed E-state index contributed by atoms with van der Waals surface area (Å²) in [6.07, 6.45) is 6.87. The monoisotopic (exact) mass is 256 g/mol. The van der Waals surface area contributed by atoms with Crippen LogP contribution in [0.3, 0.4) is 0 Å². The van der Waals surface area contributed by atoms with Gasteiger partial charge in [-0.2, -0.15) is 0 Å². The van der Waals surface area contributed by atoms with Gasteiger partial charge >= 0.3 is 0 Å².